The monoisotopic (exact) mass is 587 g/mol. The Morgan fingerprint density at radius 1 is 0.791 bits per heavy atom. The van der Waals surface area contributed by atoms with E-state index in [4.69, 9.17) is 31.0 Å². The third kappa shape index (κ3) is 4.71. The first kappa shape index (κ1) is 26.2. The summed E-state index contributed by atoms with van der Waals surface area (Å²) >= 11 is 5.85. The first-order chi connectivity index (χ1) is 20.9. The Morgan fingerprint density at radius 2 is 1.47 bits per heavy atom. The third-order valence-corrected chi connectivity index (χ3v) is 7.41. The second-order valence-corrected chi connectivity index (χ2v) is 10.3. The number of nitrogens with zero attached hydrogens (tertiary/aromatic N) is 3. The molecule has 1 aliphatic rings. The van der Waals surface area contributed by atoms with E-state index in [0.717, 1.165) is 33.3 Å². The lowest BCUT2D eigenvalue weighted by molar-refractivity contribution is -0.385. The molecule has 0 amide bonds. The number of hydrogen-bond donors (Lipinski definition) is 0. The van der Waals surface area contributed by atoms with Crippen LogP contribution >= 0.6 is 11.6 Å². The Balaban J connectivity index is 1.05. The summed E-state index contributed by atoms with van der Waals surface area (Å²) in [7, 11) is 0. The summed E-state index contributed by atoms with van der Waals surface area (Å²) in [5.41, 5.74) is 5.02. The first-order valence-corrected chi connectivity index (χ1v) is 13.5. The zero-order valence-electron chi connectivity index (χ0n) is 22.1. The zero-order valence-corrected chi connectivity index (χ0v) is 22.9. The summed E-state index contributed by atoms with van der Waals surface area (Å²) in [4.78, 5) is 46.0. The number of hydrogen-bond acceptors (Lipinski definition) is 8. The van der Waals surface area contributed by atoms with Crippen LogP contribution < -0.4 is 4.74 Å². The average molecular weight is 588 g/mol. The quantitative estimate of drug-likeness (QED) is 0.0800. The van der Waals surface area contributed by atoms with Gasteiger partial charge in [-0.1, -0.05) is 48.0 Å². The normalized spacial score (nSPS) is 11.4. The number of benzene rings is 5. The van der Waals surface area contributed by atoms with Gasteiger partial charge in [0.2, 0.25) is 5.75 Å². The molecule has 0 aliphatic heterocycles. The standard InChI is InChI=1S/C33H18ClN3O6/c34-21-10-14-29(27(16-21)37(40)41)43-22-11-7-18(8-12-22)28(38)17-42-33(39)20-9-13-25-26(15-20)36-32-24-6-2-4-19-3-1-5-23(30(19)24)31(32)35-25/h1-16H,17H2. The number of rotatable bonds is 7. The summed E-state index contributed by atoms with van der Waals surface area (Å²) in [6.45, 7) is -0.479. The van der Waals surface area contributed by atoms with Gasteiger partial charge in [-0.25, -0.2) is 14.8 Å². The molecule has 1 aromatic heterocycles. The molecule has 6 aromatic rings. The molecular weight excluding hydrogens is 570 g/mol. The van der Waals surface area contributed by atoms with Crippen molar-refractivity contribution in [1.82, 2.24) is 9.97 Å². The van der Waals surface area contributed by atoms with Crippen LogP contribution in [0.15, 0.2) is 97.1 Å². The molecule has 10 heteroatoms. The van der Waals surface area contributed by atoms with Gasteiger partial charge in [0.1, 0.15) is 5.75 Å². The van der Waals surface area contributed by atoms with Gasteiger partial charge in [0.25, 0.3) is 0 Å². The van der Waals surface area contributed by atoms with Crippen molar-refractivity contribution in [3.63, 3.8) is 0 Å². The summed E-state index contributed by atoms with van der Waals surface area (Å²) in [6, 6.07) is 27.1. The van der Waals surface area contributed by atoms with Crippen molar-refractivity contribution >= 4 is 50.8 Å². The average Bonchev–Trinajstić information content (AvgIpc) is 3.33. The smallest absolute Gasteiger partial charge is 0.338 e. The lowest BCUT2D eigenvalue weighted by Gasteiger charge is -2.08. The van der Waals surface area contributed by atoms with Gasteiger partial charge in [-0.2, -0.15) is 0 Å². The van der Waals surface area contributed by atoms with Gasteiger partial charge in [-0.3, -0.25) is 14.9 Å². The molecule has 1 heterocycles. The number of nitro benzene ring substituents is 1. The predicted octanol–water partition coefficient (Wildman–Crippen LogP) is 7.82. The second-order valence-electron chi connectivity index (χ2n) is 9.83. The minimum absolute atomic E-state index is 0.00836. The SMILES string of the molecule is O=C(COC(=O)c1ccc2nc3c(nc2c1)-c1cccc2cccc-3c12)c1ccc(Oc2ccc(Cl)cc2[N+](=O)[O-])cc1. The second kappa shape index (κ2) is 10.3. The van der Waals surface area contributed by atoms with Crippen LogP contribution in [0, 0.1) is 10.1 Å². The highest BCUT2D eigenvalue weighted by Gasteiger charge is 2.25. The topological polar surface area (TPSA) is 122 Å². The van der Waals surface area contributed by atoms with Gasteiger partial charge in [-0.15, -0.1) is 0 Å². The molecule has 1 aliphatic carbocycles. The molecule has 7 rings (SSSR count). The van der Waals surface area contributed by atoms with Gasteiger partial charge in [0, 0.05) is 33.2 Å². The number of carbonyl (C=O) groups is 2. The highest BCUT2D eigenvalue weighted by Crippen LogP contribution is 2.45. The van der Waals surface area contributed by atoms with E-state index < -0.39 is 23.3 Å². The van der Waals surface area contributed by atoms with Crippen molar-refractivity contribution in [2.75, 3.05) is 6.61 Å². The van der Waals surface area contributed by atoms with Crippen LogP contribution in [0.2, 0.25) is 5.02 Å². The number of ketones is 1. The lowest BCUT2D eigenvalue weighted by atomic mass is 10.0. The molecular formula is C33H18ClN3O6. The Kier molecular flexibility index (Phi) is 6.29. The first-order valence-electron chi connectivity index (χ1n) is 13.1. The number of esters is 1. The van der Waals surface area contributed by atoms with Crippen LogP contribution in [0.1, 0.15) is 20.7 Å². The molecule has 43 heavy (non-hydrogen) atoms. The lowest BCUT2D eigenvalue weighted by Crippen LogP contribution is -2.14. The van der Waals surface area contributed by atoms with Gasteiger partial charge >= 0.3 is 11.7 Å². The van der Waals surface area contributed by atoms with Crippen LogP contribution in [0.3, 0.4) is 0 Å². The van der Waals surface area contributed by atoms with Gasteiger partial charge in [0.15, 0.2) is 12.4 Å². The fourth-order valence-electron chi connectivity index (χ4n) is 5.15. The van der Waals surface area contributed by atoms with Crippen molar-refractivity contribution < 1.29 is 24.0 Å². The van der Waals surface area contributed by atoms with Gasteiger partial charge in [0.05, 0.1) is 32.9 Å². The van der Waals surface area contributed by atoms with Crippen LogP contribution in [0.25, 0.3) is 44.3 Å². The summed E-state index contributed by atoms with van der Waals surface area (Å²) < 4.78 is 10.9. The van der Waals surface area contributed by atoms with Crippen LogP contribution in [-0.4, -0.2) is 33.3 Å². The van der Waals surface area contributed by atoms with E-state index in [-0.39, 0.29) is 33.3 Å². The van der Waals surface area contributed by atoms with Crippen molar-refractivity contribution in [2.24, 2.45) is 0 Å². The molecule has 9 nitrogen and oxygen atoms in total. The molecule has 0 bridgehead atoms. The molecule has 0 saturated carbocycles. The maximum atomic E-state index is 12.9. The maximum Gasteiger partial charge on any atom is 0.338 e. The summed E-state index contributed by atoms with van der Waals surface area (Å²) in [5, 5.41) is 13.7. The zero-order chi connectivity index (χ0) is 29.7. The van der Waals surface area contributed by atoms with E-state index in [2.05, 4.69) is 12.1 Å². The number of aromatic nitrogens is 2. The molecule has 0 saturated heterocycles. The minimum Gasteiger partial charge on any atom is -0.454 e. The van der Waals surface area contributed by atoms with Crippen molar-refractivity contribution in [3.05, 3.63) is 123 Å². The van der Waals surface area contributed by atoms with Crippen LogP contribution in [-0.2, 0) is 4.74 Å². The molecule has 0 fully saturated rings. The number of fused-ring (bicyclic) bond motifs is 4. The number of halogens is 1. The fraction of sp³-hybridized carbons (Fsp3) is 0.0303. The van der Waals surface area contributed by atoms with Crippen molar-refractivity contribution in [1.29, 1.82) is 0 Å². The molecule has 0 spiro atoms. The van der Waals surface area contributed by atoms with Crippen LogP contribution in [0.4, 0.5) is 5.69 Å². The van der Waals surface area contributed by atoms with E-state index in [1.54, 1.807) is 18.2 Å². The molecule has 0 unspecified atom stereocenters. The van der Waals surface area contributed by atoms with Crippen molar-refractivity contribution in [2.45, 2.75) is 0 Å². The van der Waals surface area contributed by atoms with Gasteiger partial charge < -0.3 is 9.47 Å². The van der Waals surface area contributed by atoms with E-state index in [9.17, 15) is 19.7 Å². The highest BCUT2D eigenvalue weighted by molar-refractivity contribution is 6.30. The summed E-state index contributed by atoms with van der Waals surface area (Å²) in [5.74, 6) is -0.810. The third-order valence-electron chi connectivity index (χ3n) is 7.17. The highest BCUT2D eigenvalue weighted by atomic mass is 35.5. The Morgan fingerprint density at radius 3 is 2.16 bits per heavy atom. The Labute approximate surface area is 248 Å². The number of ether oxygens (including phenoxy) is 2. The molecule has 0 atom stereocenters. The van der Waals surface area contributed by atoms with E-state index in [1.807, 2.05) is 24.3 Å². The number of Topliss-reactive ketones (excluding diaryl/α,β-unsaturated/α-hetero) is 1. The number of nitro groups is 1. The Bertz CT molecular complexity index is 2140. The molecule has 0 radical (unpaired) electrons. The minimum atomic E-state index is -0.669. The molecule has 208 valence electrons. The Hall–Kier alpha value is -5.67. The van der Waals surface area contributed by atoms with E-state index >= 15 is 0 Å². The van der Waals surface area contributed by atoms with Crippen LogP contribution in [0.5, 0.6) is 11.5 Å². The maximum absolute atomic E-state index is 12.9. The largest absolute Gasteiger partial charge is 0.454 e. The van der Waals surface area contributed by atoms with E-state index in [1.165, 1.54) is 42.5 Å². The van der Waals surface area contributed by atoms with Crippen molar-refractivity contribution in [3.8, 4) is 34.0 Å². The fourth-order valence-corrected chi connectivity index (χ4v) is 5.31. The van der Waals surface area contributed by atoms with E-state index in [0.29, 0.717) is 11.0 Å². The number of carbonyl (C=O) groups excluding carboxylic acids is 2. The predicted molar refractivity (Wildman–Crippen MR) is 161 cm³/mol. The molecule has 5 aromatic carbocycles. The molecule has 0 N–H and O–H groups in total. The van der Waals surface area contributed by atoms with Gasteiger partial charge in [-0.05, 0) is 60.0 Å². The summed E-state index contributed by atoms with van der Waals surface area (Å²) in [6.07, 6.45) is 0.